The number of alkyl halides is 3. The molecule has 1 aromatic carbocycles. The van der Waals surface area contributed by atoms with Crippen LogP contribution in [0, 0.1) is 0 Å². The third kappa shape index (κ3) is 4.28. The molecule has 146 valence electrons. The Bertz CT molecular complexity index is 828. The molecule has 0 saturated carbocycles. The SMILES string of the molecule is CNc1nc(Nc2cc(O)c(N3CCOCC3)cc2Cl)ncc1C(F)(F)F. The number of halogens is 4. The number of anilines is 4. The van der Waals surface area contributed by atoms with Crippen LogP contribution in [0.4, 0.5) is 36.3 Å². The van der Waals surface area contributed by atoms with Gasteiger partial charge in [0.1, 0.15) is 17.1 Å². The van der Waals surface area contributed by atoms with E-state index in [-0.39, 0.29) is 28.2 Å². The molecule has 3 rings (SSSR count). The number of aromatic nitrogens is 2. The predicted octanol–water partition coefficient (Wildman–Crippen LogP) is 3.48. The molecular formula is C16H17ClF3N5O2. The number of ether oxygens (including phenoxy) is 1. The highest BCUT2D eigenvalue weighted by molar-refractivity contribution is 6.33. The lowest BCUT2D eigenvalue weighted by molar-refractivity contribution is -0.137. The Morgan fingerprint density at radius 3 is 2.59 bits per heavy atom. The van der Waals surface area contributed by atoms with Crippen molar-refractivity contribution in [3.63, 3.8) is 0 Å². The van der Waals surface area contributed by atoms with Gasteiger partial charge in [-0.2, -0.15) is 18.2 Å². The second-order valence-corrected chi connectivity index (χ2v) is 6.16. The number of phenolic OH excluding ortho intramolecular Hbond substituents is 1. The molecular weight excluding hydrogens is 387 g/mol. The summed E-state index contributed by atoms with van der Waals surface area (Å²) in [5.74, 6) is -0.484. The van der Waals surface area contributed by atoms with Crippen LogP contribution < -0.4 is 15.5 Å². The molecule has 1 fully saturated rings. The molecule has 0 atom stereocenters. The molecule has 0 bridgehead atoms. The molecule has 0 spiro atoms. The summed E-state index contributed by atoms with van der Waals surface area (Å²) < 4.78 is 44.1. The van der Waals surface area contributed by atoms with E-state index in [9.17, 15) is 18.3 Å². The fraction of sp³-hybridized carbons (Fsp3) is 0.375. The highest BCUT2D eigenvalue weighted by atomic mass is 35.5. The van der Waals surface area contributed by atoms with E-state index in [1.165, 1.54) is 13.1 Å². The van der Waals surface area contributed by atoms with Crippen LogP contribution in [-0.2, 0) is 10.9 Å². The Morgan fingerprint density at radius 2 is 1.96 bits per heavy atom. The molecule has 1 saturated heterocycles. The first kappa shape index (κ1) is 19.3. The maximum absolute atomic E-state index is 12.9. The van der Waals surface area contributed by atoms with Crippen molar-refractivity contribution >= 4 is 34.7 Å². The zero-order valence-corrected chi connectivity index (χ0v) is 15.0. The number of phenols is 1. The van der Waals surface area contributed by atoms with E-state index in [4.69, 9.17) is 16.3 Å². The van der Waals surface area contributed by atoms with Gasteiger partial charge in [0.25, 0.3) is 0 Å². The van der Waals surface area contributed by atoms with Crippen LogP contribution in [0.2, 0.25) is 5.02 Å². The molecule has 0 radical (unpaired) electrons. The van der Waals surface area contributed by atoms with Gasteiger partial charge in [-0.1, -0.05) is 11.6 Å². The van der Waals surface area contributed by atoms with Gasteiger partial charge in [-0.05, 0) is 6.07 Å². The van der Waals surface area contributed by atoms with Crippen molar-refractivity contribution in [3.8, 4) is 5.75 Å². The van der Waals surface area contributed by atoms with Gasteiger partial charge in [0.15, 0.2) is 0 Å². The average molecular weight is 404 g/mol. The van der Waals surface area contributed by atoms with Gasteiger partial charge in [-0.15, -0.1) is 0 Å². The quantitative estimate of drug-likeness (QED) is 0.721. The summed E-state index contributed by atoms with van der Waals surface area (Å²) in [5, 5.41) is 15.7. The molecule has 0 aliphatic carbocycles. The molecule has 11 heteroatoms. The van der Waals surface area contributed by atoms with Crippen LogP contribution in [0.15, 0.2) is 18.3 Å². The smallest absolute Gasteiger partial charge is 0.421 e. The number of hydrogen-bond acceptors (Lipinski definition) is 7. The number of hydrogen-bond donors (Lipinski definition) is 3. The monoisotopic (exact) mass is 403 g/mol. The lowest BCUT2D eigenvalue weighted by atomic mass is 10.2. The Morgan fingerprint density at radius 1 is 1.26 bits per heavy atom. The van der Waals surface area contributed by atoms with Gasteiger partial charge >= 0.3 is 6.18 Å². The Balaban J connectivity index is 1.86. The summed E-state index contributed by atoms with van der Waals surface area (Å²) in [6.45, 7) is 2.32. The third-order valence-corrected chi connectivity index (χ3v) is 4.31. The molecule has 1 aliphatic rings. The highest BCUT2D eigenvalue weighted by Crippen LogP contribution is 2.38. The van der Waals surface area contributed by atoms with Crippen LogP contribution in [0.1, 0.15) is 5.56 Å². The molecule has 7 nitrogen and oxygen atoms in total. The molecule has 0 amide bonds. The second kappa shape index (κ2) is 7.65. The minimum absolute atomic E-state index is 0.0236. The van der Waals surface area contributed by atoms with Gasteiger partial charge in [0, 0.05) is 32.4 Å². The van der Waals surface area contributed by atoms with Crippen LogP contribution in [-0.4, -0.2) is 48.4 Å². The van der Waals surface area contributed by atoms with Crippen LogP contribution in [0.25, 0.3) is 0 Å². The van der Waals surface area contributed by atoms with Gasteiger partial charge in [0.05, 0.1) is 29.6 Å². The fourth-order valence-electron chi connectivity index (χ4n) is 2.67. The number of nitrogens with zero attached hydrogens (tertiary/aromatic N) is 3. The molecule has 1 aliphatic heterocycles. The summed E-state index contributed by atoms with van der Waals surface area (Å²) in [6, 6.07) is 2.96. The maximum atomic E-state index is 12.9. The Hall–Kier alpha value is -2.46. The normalized spacial score (nSPS) is 14.9. The first-order chi connectivity index (χ1) is 12.8. The molecule has 1 aromatic heterocycles. The zero-order chi connectivity index (χ0) is 19.6. The van der Waals surface area contributed by atoms with E-state index in [2.05, 4.69) is 20.6 Å². The van der Waals surface area contributed by atoms with E-state index in [0.29, 0.717) is 38.2 Å². The second-order valence-electron chi connectivity index (χ2n) is 5.75. The lowest BCUT2D eigenvalue weighted by Crippen LogP contribution is -2.36. The summed E-state index contributed by atoms with van der Waals surface area (Å²) in [6.07, 6.45) is -3.90. The van der Waals surface area contributed by atoms with Gasteiger partial charge in [-0.3, -0.25) is 0 Å². The molecule has 3 N–H and O–H groups in total. The number of benzene rings is 1. The van der Waals surface area contributed by atoms with Crippen molar-refractivity contribution in [3.05, 3.63) is 28.9 Å². The summed E-state index contributed by atoms with van der Waals surface area (Å²) in [4.78, 5) is 9.43. The first-order valence-corrected chi connectivity index (χ1v) is 8.41. The minimum atomic E-state index is -4.58. The van der Waals surface area contributed by atoms with Crippen molar-refractivity contribution in [1.29, 1.82) is 0 Å². The standard InChI is InChI=1S/C16H17ClF3N5O2/c1-21-14-9(16(18,19)20)8-22-15(24-14)23-11-7-13(26)12(6-10(11)17)25-2-4-27-5-3-25/h6-8,26H,2-5H2,1H3,(H2,21,22,23,24). The number of nitrogens with one attached hydrogen (secondary N) is 2. The van der Waals surface area contributed by atoms with Crippen molar-refractivity contribution in [2.75, 3.05) is 48.9 Å². The average Bonchev–Trinajstić information content (AvgIpc) is 2.64. The Kier molecular flexibility index (Phi) is 5.47. The topological polar surface area (TPSA) is 82.5 Å². The van der Waals surface area contributed by atoms with Crippen molar-refractivity contribution < 1.29 is 23.0 Å². The molecule has 2 heterocycles. The van der Waals surface area contributed by atoms with Gasteiger partial charge < -0.3 is 25.4 Å². The highest BCUT2D eigenvalue weighted by Gasteiger charge is 2.35. The largest absolute Gasteiger partial charge is 0.506 e. The van der Waals surface area contributed by atoms with Gasteiger partial charge in [-0.25, -0.2) is 4.98 Å². The van der Waals surface area contributed by atoms with E-state index >= 15 is 0 Å². The number of aromatic hydroxyl groups is 1. The summed E-state index contributed by atoms with van der Waals surface area (Å²) in [5.41, 5.74) is -0.154. The lowest BCUT2D eigenvalue weighted by Gasteiger charge is -2.29. The van der Waals surface area contributed by atoms with Crippen molar-refractivity contribution in [1.82, 2.24) is 9.97 Å². The maximum Gasteiger partial charge on any atom is 0.421 e. The van der Waals surface area contributed by atoms with E-state index < -0.39 is 11.7 Å². The van der Waals surface area contributed by atoms with Gasteiger partial charge in [0.2, 0.25) is 5.95 Å². The minimum Gasteiger partial charge on any atom is -0.506 e. The van der Waals surface area contributed by atoms with E-state index in [1.54, 1.807) is 6.07 Å². The predicted molar refractivity (Wildman–Crippen MR) is 96.0 cm³/mol. The molecule has 2 aromatic rings. The van der Waals surface area contributed by atoms with Crippen molar-refractivity contribution in [2.24, 2.45) is 0 Å². The Labute approximate surface area is 158 Å². The van der Waals surface area contributed by atoms with E-state index in [0.717, 1.165) is 0 Å². The zero-order valence-electron chi connectivity index (χ0n) is 14.3. The molecule has 0 unspecified atom stereocenters. The first-order valence-electron chi connectivity index (χ1n) is 8.04. The third-order valence-electron chi connectivity index (χ3n) is 3.99. The van der Waals surface area contributed by atoms with Crippen LogP contribution >= 0.6 is 11.6 Å². The summed E-state index contributed by atoms with van der Waals surface area (Å²) in [7, 11) is 1.33. The number of morpholine rings is 1. The van der Waals surface area contributed by atoms with Crippen LogP contribution in [0.5, 0.6) is 5.75 Å². The fourth-order valence-corrected chi connectivity index (χ4v) is 2.87. The van der Waals surface area contributed by atoms with Crippen LogP contribution in [0.3, 0.4) is 0 Å². The van der Waals surface area contributed by atoms with E-state index in [1.807, 2.05) is 4.90 Å². The number of rotatable bonds is 4. The summed E-state index contributed by atoms with van der Waals surface area (Å²) >= 11 is 6.27. The van der Waals surface area contributed by atoms with Crippen molar-refractivity contribution in [2.45, 2.75) is 6.18 Å². The molecule has 27 heavy (non-hydrogen) atoms.